The molecule has 1 aliphatic heterocycles. The van der Waals surface area contributed by atoms with Crippen LogP contribution in [0.2, 0.25) is 0 Å². The minimum atomic E-state index is -2.44. The summed E-state index contributed by atoms with van der Waals surface area (Å²) in [6.07, 6.45) is 3.43. The van der Waals surface area contributed by atoms with Crippen molar-refractivity contribution in [3.8, 4) is 0 Å². The van der Waals surface area contributed by atoms with Gasteiger partial charge in [0.2, 0.25) is 5.91 Å². The molecule has 1 spiro atoms. The zero-order valence-electron chi connectivity index (χ0n) is 11.5. The fraction of sp³-hybridized carbons (Fsp3) is 0.692. The first-order chi connectivity index (χ1) is 9.59. The molecule has 1 aliphatic carbocycles. The van der Waals surface area contributed by atoms with E-state index in [0.29, 0.717) is 5.69 Å². The van der Waals surface area contributed by atoms with Gasteiger partial charge in [0.1, 0.15) is 6.54 Å². The van der Waals surface area contributed by atoms with Gasteiger partial charge in [-0.25, -0.2) is 8.78 Å². The van der Waals surface area contributed by atoms with Crippen LogP contribution in [0, 0.1) is 11.3 Å². The van der Waals surface area contributed by atoms with Crippen molar-refractivity contribution in [3.05, 3.63) is 12.4 Å². The first kappa shape index (κ1) is 16.2. The van der Waals surface area contributed by atoms with Gasteiger partial charge < -0.3 is 10.6 Å². The van der Waals surface area contributed by atoms with E-state index in [2.05, 4.69) is 15.7 Å². The number of hydrogen-bond donors (Lipinski definition) is 2. The second kappa shape index (κ2) is 6.27. The number of amides is 1. The third-order valence-corrected chi connectivity index (χ3v) is 4.33. The van der Waals surface area contributed by atoms with Gasteiger partial charge in [-0.15, -0.1) is 12.4 Å². The Hall–Kier alpha value is -1.21. The summed E-state index contributed by atoms with van der Waals surface area (Å²) < 4.78 is 25.6. The lowest BCUT2D eigenvalue weighted by molar-refractivity contribution is -0.118. The molecule has 0 aromatic carbocycles. The maximum absolute atomic E-state index is 12.2. The topological polar surface area (TPSA) is 59.0 Å². The van der Waals surface area contributed by atoms with Gasteiger partial charge in [0.25, 0.3) is 6.43 Å². The van der Waals surface area contributed by atoms with Crippen molar-refractivity contribution in [2.45, 2.75) is 32.2 Å². The Morgan fingerprint density at radius 3 is 2.90 bits per heavy atom. The number of aromatic nitrogens is 2. The molecule has 118 valence electrons. The minimum absolute atomic E-state index is 0. The van der Waals surface area contributed by atoms with Gasteiger partial charge in [0.05, 0.1) is 11.9 Å². The number of nitrogens with one attached hydrogen (secondary N) is 2. The van der Waals surface area contributed by atoms with Crippen LogP contribution in [0.25, 0.3) is 0 Å². The largest absolute Gasteiger partial charge is 0.323 e. The Bertz CT molecular complexity index is 502. The van der Waals surface area contributed by atoms with Crippen LogP contribution in [0.15, 0.2) is 12.4 Å². The van der Waals surface area contributed by atoms with E-state index in [1.165, 1.54) is 12.4 Å². The second-order valence-corrected chi connectivity index (χ2v) is 5.70. The van der Waals surface area contributed by atoms with Crippen LogP contribution in [0.4, 0.5) is 14.5 Å². The molecule has 2 aliphatic rings. The summed E-state index contributed by atoms with van der Waals surface area (Å²) in [5.74, 6) is 0.0477. The van der Waals surface area contributed by atoms with E-state index < -0.39 is 13.0 Å². The summed E-state index contributed by atoms with van der Waals surface area (Å²) >= 11 is 0. The summed E-state index contributed by atoms with van der Waals surface area (Å²) in [6.45, 7) is 1.49. The molecule has 1 amide bonds. The van der Waals surface area contributed by atoms with Gasteiger partial charge in [-0.2, -0.15) is 5.10 Å². The Labute approximate surface area is 127 Å². The summed E-state index contributed by atoms with van der Waals surface area (Å²) in [6, 6.07) is 0. The van der Waals surface area contributed by atoms with Gasteiger partial charge >= 0.3 is 0 Å². The SMILES string of the molecule is Cl.O=C(Nc1cnn(CC(F)F)c1)C1CC12CCNCC2. The van der Waals surface area contributed by atoms with Gasteiger partial charge in [-0.1, -0.05) is 0 Å². The lowest BCUT2D eigenvalue weighted by Crippen LogP contribution is -2.31. The van der Waals surface area contributed by atoms with E-state index in [1.807, 2.05) is 0 Å². The average molecular weight is 321 g/mol. The molecule has 8 heteroatoms. The maximum atomic E-state index is 12.2. The number of halogens is 3. The molecule has 1 aromatic rings. The number of piperidine rings is 1. The standard InChI is InChI=1S/C13H18F2N4O.ClH/c14-11(15)8-19-7-9(6-17-19)18-12(20)10-5-13(10)1-3-16-4-2-13;/h6-7,10-11,16H,1-5,8H2,(H,18,20);1H. The van der Waals surface area contributed by atoms with E-state index in [1.54, 1.807) is 0 Å². The molecular weight excluding hydrogens is 302 g/mol. The predicted molar refractivity (Wildman–Crippen MR) is 76.8 cm³/mol. The molecule has 2 fully saturated rings. The van der Waals surface area contributed by atoms with Crippen molar-refractivity contribution in [2.24, 2.45) is 11.3 Å². The summed E-state index contributed by atoms with van der Waals surface area (Å²) in [5.41, 5.74) is 0.667. The number of carbonyl (C=O) groups excluding carboxylic acids is 1. The van der Waals surface area contributed by atoms with Crippen molar-refractivity contribution in [3.63, 3.8) is 0 Å². The quantitative estimate of drug-likeness (QED) is 0.891. The Morgan fingerprint density at radius 2 is 2.24 bits per heavy atom. The molecule has 1 saturated heterocycles. The zero-order valence-corrected chi connectivity index (χ0v) is 12.3. The number of carbonyl (C=O) groups is 1. The Balaban J connectivity index is 0.00000161. The number of rotatable bonds is 4. The fourth-order valence-corrected chi connectivity index (χ4v) is 3.09. The number of anilines is 1. The van der Waals surface area contributed by atoms with Crippen molar-refractivity contribution in [2.75, 3.05) is 18.4 Å². The zero-order chi connectivity index (χ0) is 14.2. The van der Waals surface area contributed by atoms with Crippen molar-refractivity contribution in [1.29, 1.82) is 0 Å². The maximum Gasteiger partial charge on any atom is 0.257 e. The molecule has 2 heterocycles. The van der Waals surface area contributed by atoms with Crippen LogP contribution >= 0.6 is 12.4 Å². The van der Waals surface area contributed by atoms with E-state index >= 15 is 0 Å². The van der Waals surface area contributed by atoms with E-state index in [9.17, 15) is 13.6 Å². The van der Waals surface area contributed by atoms with E-state index in [0.717, 1.165) is 37.0 Å². The summed E-state index contributed by atoms with van der Waals surface area (Å²) in [7, 11) is 0. The first-order valence-corrected chi connectivity index (χ1v) is 6.91. The van der Waals surface area contributed by atoms with Gasteiger partial charge in [-0.3, -0.25) is 9.48 Å². The highest BCUT2D eigenvalue weighted by molar-refractivity contribution is 5.94. The molecule has 1 unspecified atom stereocenters. The smallest absolute Gasteiger partial charge is 0.257 e. The Kier molecular flexibility index (Phi) is 4.83. The lowest BCUT2D eigenvalue weighted by atomic mass is 9.92. The van der Waals surface area contributed by atoms with Gasteiger partial charge in [0, 0.05) is 12.1 Å². The van der Waals surface area contributed by atoms with Crippen molar-refractivity contribution >= 4 is 24.0 Å². The van der Waals surface area contributed by atoms with E-state index in [-0.39, 0.29) is 29.6 Å². The number of alkyl halides is 2. The first-order valence-electron chi connectivity index (χ1n) is 6.91. The highest BCUT2D eigenvalue weighted by Crippen LogP contribution is 2.58. The van der Waals surface area contributed by atoms with Crippen LogP contribution in [-0.4, -0.2) is 35.2 Å². The minimum Gasteiger partial charge on any atom is -0.323 e. The van der Waals surface area contributed by atoms with Crippen molar-refractivity contribution in [1.82, 2.24) is 15.1 Å². The molecule has 1 saturated carbocycles. The third kappa shape index (κ3) is 3.52. The highest BCUT2D eigenvalue weighted by atomic mass is 35.5. The van der Waals surface area contributed by atoms with Crippen LogP contribution in [0.1, 0.15) is 19.3 Å². The van der Waals surface area contributed by atoms with Gasteiger partial charge in [-0.05, 0) is 37.8 Å². The summed E-state index contributed by atoms with van der Waals surface area (Å²) in [5, 5.41) is 9.88. The highest BCUT2D eigenvalue weighted by Gasteiger charge is 2.57. The molecule has 5 nitrogen and oxygen atoms in total. The average Bonchev–Trinajstić information content (AvgIpc) is 2.91. The predicted octanol–water partition coefficient (Wildman–Crippen LogP) is 1.90. The Morgan fingerprint density at radius 1 is 1.52 bits per heavy atom. The van der Waals surface area contributed by atoms with Crippen LogP contribution in [0.3, 0.4) is 0 Å². The molecule has 21 heavy (non-hydrogen) atoms. The third-order valence-electron chi connectivity index (χ3n) is 4.33. The molecule has 0 radical (unpaired) electrons. The summed E-state index contributed by atoms with van der Waals surface area (Å²) in [4.78, 5) is 12.2. The molecule has 3 rings (SSSR count). The molecular formula is C13H19ClF2N4O. The van der Waals surface area contributed by atoms with Crippen LogP contribution < -0.4 is 10.6 Å². The fourth-order valence-electron chi connectivity index (χ4n) is 3.09. The normalized spacial score (nSPS) is 22.9. The number of hydrogen-bond acceptors (Lipinski definition) is 3. The molecule has 1 atom stereocenters. The van der Waals surface area contributed by atoms with Crippen molar-refractivity contribution < 1.29 is 13.6 Å². The van der Waals surface area contributed by atoms with Gasteiger partial charge in [0.15, 0.2) is 0 Å². The molecule has 0 bridgehead atoms. The van der Waals surface area contributed by atoms with Crippen LogP contribution in [0.5, 0.6) is 0 Å². The molecule has 2 N–H and O–H groups in total. The second-order valence-electron chi connectivity index (χ2n) is 5.70. The van der Waals surface area contributed by atoms with E-state index in [4.69, 9.17) is 0 Å². The van der Waals surface area contributed by atoms with Crippen LogP contribution in [-0.2, 0) is 11.3 Å². The monoisotopic (exact) mass is 320 g/mol. The number of nitrogens with zero attached hydrogens (tertiary/aromatic N) is 2. The molecule has 1 aromatic heterocycles. The lowest BCUT2D eigenvalue weighted by Gasteiger charge is -2.23.